The van der Waals surface area contributed by atoms with E-state index in [1.54, 1.807) is 4.68 Å². The molecule has 2 rings (SSSR count). The molecule has 0 aliphatic rings. The molecule has 1 aromatic carbocycles. The molecule has 0 radical (unpaired) electrons. The fourth-order valence-electron chi connectivity index (χ4n) is 1.98. The third-order valence-corrected chi connectivity index (χ3v) is 3.01. The lowest BCUT2D eigenvalue weighted by Gasteiger charge is -2.06. The van der Waals surface area contributed by atoms with Gasteiger partial charge in [0.25, 0.3) is 0 Å². The summed E-state index contributed by atoms with van der Waals surface area (Å²) in [5.41, 5.74) is 10.6. The first kappa shape index (κ1) is 11.7. The van der Waals surface area contributed by atoms with Crippen molar-refractivity contribution in [2.75, 3.05) is 5.73 Å². The predicted octanol–water partition coefficient (Wildman–Crippen LogP) is 3.10. The van der Waals surface area contributed by atoms with Gasteiger partial charge in [0, 0.05) is 12.6 Å². The van der Waals surface area contributed by atoms with E-state index < -0.39 is 0 Å². The van der Waals surface area contributed by atoms with Gasteiger partial charge in [0.05, 0.1) is 5.69 Å². The van der Waals surface area contributed by atoms with Crippen LogP contribution in [0.2, 0.25) is 0 Å². The zero-order chi connectivity index (χ0) is 12.6. The number of rotatable bonds is 2. The average Bonchev–Trinajstić information content (AvgIpc) is 2.57. The molecule has 0 atom stereocenters. The largest absolute Gasteiger partial charge is 0.383 e. The van der Waals surface area contributed by atoms with Crippen molar-refractivity contribution >= 4 is 5.82 Å². The van der Waals surface area contributed by atoms with Crippen LogP contribution in [0.25, 0.3) is 11.1 Å². The summed E-state index contributed by atoms with van der Waals surface area (Å²) in [5, 5.41) is 4.50. The zero-order valence-corrected chi connectivity index (χ0v) is 10.9. The minimum absolute atomic E-state index is 0.370. The lowest BCUT2D eigenvalue weighted by atomic mass is 9.98. The maximum Gasteiger partial charge on any atom is 0.129 e. The molecule has 17 heavy (non-hydrogen) atoms. The first-order valence-electron chi connectivity index (χ1n) is 5.90. The Morgan fingerprint density at radius 1 is 1.18 bits per heavy atom. The number of aryl methyl sites for hydroxylation is 2. The second kappa shape index (κ2) is 4.24. The van der Waals surface area contributed by atoms with Gasteiger partial charge in [-0.15, -0.1) is 0 Å². The van der Waals surface area contributed by atoms with Crippen LogP contribution in [0.4, 0.5) is 5.82 Å². The fraction of sp³-hybridized carbons (Fsp3) is 0.357. The molecule has 0 aliphatic heterocycles. The predicted molar refractivity (Wildman–Crippen MR) is 71.9 cm³/mol. The summed E-state index contributed by atoms with van der Waals surface area (Å²) >= 11 is 0. The van der Waals surface area contributed by atoms with Gasteiger partial charge in [0.1, 0.15) is 5.82 Å². The fourth-order valence-corrected chi connectivity index (χ4v) is 1.98. The summed E-state index contributed by atoms with van der Waals surface area (Å²) in [6.07, 6.45) is 0. The van der Waals surface area contributed by atoms with Crippen LogP contribution in [0.3, 0.4) is 0 Å². The normalized spacial score (nSPS) is 11.1. The van der Waals surface area contributed by atoms with Gasteiger partial charge in [-0.25, -0.2) is 0 Å². The molecule has 3 nitrogen and oxygen atoms in total. The van der Waals surface area contributed by atoms with Crippen LogP contribution in [0, 0.1) is 6.92 Å². The van der Waals surface area contributed by atoms with E-state index in [1.807, 2.05) is 7.05 Å². The summed E-state index contributed by atoms with van der Waals surface area (Å²) in [7, 11) is 1.89. The van der Waals surface area contributed by atoms with E-state index in [2.05, 4.69) is 50.1 Å². The Labute approximate surface area is 102 Å². The maximum absolute atomic E-state index is 6.11. The second-order valence-corrected chi connectivity index (χ2v) is 4.79. The number of nitrogen functional groups attached to an aromatic ring is 1. The number of hydrogen-bond acceptors (Lipinski definition) is 2. The average molecular weight is 229 g/mol. The van der Waals surface area contributed by atoms with E-state index >= 15 is 0 Å². The second-order valence-electron chi connectivity index (χ2n) is 4.79. The Kier molecular flexibility index (Phi) is 2.92. The van der Waals surface area contributed by atoms with Gasteiger partial charge in [-0.2, -0.15) is 5.10 Å². The maximum atomic E-state index is 6.11. The van der Waals surface area contributed by atoms with Crippen LogP contribution < -0.4 is 5.73 Å². The standard InChI is InChI=1S/C14H19N3/c1-9(2)13-12(14(15)17(4)16-13)11-7-5-10(3)6-8-11/h5-9H,15H2,1-4H3. The third kappa shape index (κ3) is 2.05. The molecule has 1 heterocycles. The smallest absolute Gasteiger partial charge is 0.129 e. The molecule has 1 aromatic heterocycles. The number of aromatic nitrogens is 2. The molecule has 0 spiro atoms. The Morgan fingerprint density at radius 2 is 1.76 bits per heavy atom. The number of nitrogens with zero attached hydrogens (tertiary/aromatic N) is 2. The molecule has 90 valence electrons. The molecule has 2 aromatic rings. The van der Waals surface area contributed by atoms with Crippen LogP contribution in [0.5, 0.6) is 0 Å². The number of benzene rings is 1. The third-order valence-electron chi connectivity index (χ3n) is 3.01. The molecule has 0 fully saturated rings. The SMILES string of the molecule is Cc1ccc(-c2c(C(C)C)nn(C)c2N)cc1. The number of anilines is 1. The van der Waals surface area contributed by atoms with Gasteiger partial charge in [-0.1, -0.05) is 43.7 Å². The van der Waals surface area contributed by atoms with E-state index in [0.29, 0.717) is 5.92 Å². The van der Waals surface area contributed by atoms with Crippen LogP contribution in [0.1, 0.15) is 31.0 Å². The summed E-state index contributed by atoms with van der Waals surface area (Å²) in [4.78, 5) is 0. The number of nitrogens with two attached hydrogens (primary N) is 1. The summed E-state index contributed by atoms with van der Waals surface area (Å²) in [6.45, 7) is 6.36. The van der Waals surface area contributed by atoms with Gasteiger partial charge in [0.2, 0.25) is 0 Å². The monoisotopic (exact) mass is 229 g/mol. The van der Waals surface area contributed by atoms with Gasteiger partial charge >= 0.3 is 0 Å². The van der Waals surface area contributed by atoms with E-state index in [0.717, 1.165) is 22.6 Å². The zero-order valence-electron chi connectivity index (χ0n) is 10.9. The van der Waals surface area contributed by atoms with E-state index in [-0.39, 0.29) is 0 Å². The van der Waals surface area contributed by atoms with Crippen molar-refractivity contribution in [2.24, 2.45) is 7.05 Å². The number of hydrogen-bond donors (Lipinski definition) is 1. The van der Waals surface area contributed by atoms with Crippen LogP contribution in [-0.4, -0.2) is 9.78 Å². The quantitative estimate of drug-likeness (QED) is 0.860. The lowest BCUT2D eigenvalue weighted by Crippen LogP contribution is -1.98. The molecule has 0 bridgehead atoms. The summed E-state index contributed by atoms with van der Waals surface area (Å²) < 4.78 is 1.75. The Morgan fingerprint density at radius 3 is 2.29 bits per heavy atom. The Bertz CT molecular complexity index is 521. The molecule has 0 saturated carbocycles. The highest BCUT2D eigenvalue weighted by molar-refractivity contribution is 5.77. The molecule has 0 saturated heterocycles. The van der Waals surface area contributed by atoms with E-state index in [9.17, 15) is 0 Å². The topological polar surface area (TPSA) is 43.8 Å². The van der Waals surface area contributed by atoms with Gasteiger partial charge < -0.3 is 5.73 Å². The van der Waals surface area contributed by atoms with Crippen LogP contribution in [0.15, 0.2) is 24.3 Å². The molecule has 0 amide bonds. The first-order valence-corrected chi connectivity index (χ1v) is 5.90. The van der Waals surface area contributed by atoms with Gasteiger partial charge in [0.15, 0.2) is 0 Å². The van der Waals surface area contributed by atoms with E-state index in [1.165, 1.54) is 5.56 Å². The van der Waals surface area contributed by atoms with Crippen LogP contribution >= 0.6 is 0 Å². The molecule has 0 unspecified atom stereocenters. The first-order chi connectivity index (χ1) is 8.00. The highest BCUT2D eigenvalue weighted by Gasteiger charge is 2.17. The summed E-state index contributed by atoms with van der Waals surface area (Å²) in [5.74, 6) is 1.10. The molecular formula is C14H19N3. The molecular weight excluding hydrogens is 210 g/mol. The van der Waals surface area contributed by atoms with Crippen molar-refractivity contribution in [1.82, 2.24) is 9.78 Å². The summed E-state index contributed by atoms with van der Waals surface area (Å²) in [6, 6.07) is 8.42. The minimum atomic E-state index is 0.370. The Hall–Kier alpha value is -1.77. The lowest BCUT2D eigenvalue weighted by molar-refractivity contribution is 0.719. The Balaban J connectivity index is 2.61. The van der Waals surface area contributed by atoms with E-state index in [4.69, 9.17) is 5.73 Å². The molecule has 0 aliphatic carbocycles. The van der Waals surface area contributed by atoms with Crippen molar-refractivity contribution in [3.05, 3.63) is 35.5 Å². The van der Waals surface area contributed by atoms with Crippen molar-refractivity contribution < 1.29 is 0 Å². The van der Waals surface area contributed by atoms with Crippen molar-refractivity contribution in [3.63, 3.8) is 0 Å². The van der Waals surface area contributed by atoms with Crippen molar-refractivity contribution in [3.8, 4) is 11.1 Å². The highest BCUT2D eigenvalue weighted by Crippen LogP contribution is 2.33. The van der Waals surface area contributed by atoms with Gasteiger partial charge in [-0.05, 0) is 18.4 Å². The molecule has 3 heteroatoms. The highest BCUT2D eigenvalue weighted by atomic mass is 15.3. The van der Waals surface area contributed by atoms with Gasteiger partial charge in [-0.3, -0.25) is 4.68 Å². The van der Waals surface area contributed by atoms with Crippen LogP contribution in [-0.2, 0) is 7.05 Å². The minimum Gasteiger partial charge on any atom is -0.383 e. The van der Waals surface area contributed by atoms with Crippen molar-refractivity contribution in [1.29, 1.82) is 0 Å². The van der Waals surface area contributed by atoms with Crippen molar-refractivity contribution in [2.45, 2.75) is 26.7 Å². The molecule has 2 N–H and O–H groups in total.